The van der Waals surface area contributed by atoms with Crippen molar-refractivity contribution in [1.29, 1.82) is 0 Å². The van der Waals surface area contributed by atoms with Crippen molar-refractivity contribution >= 4 is 11.8 Å². The molecule has 2 amide bonds. The van der Waals surface area contributed by atoms with Crippen LogP contribution in [0.15, 0.2) is 6.07 Å². The number of likely N-dealkylation sites (tertiary alicyclic amines) is 1. The van der Waals surface area contributed by atoms with E-state index in [1.807, 2.05) is 16.5 Å². The van der Waals surface area contributed by atoms with Crippen LogP contribution in [0, 0.1) is 0 Å². The molecule has 28 heavy (non-hydrogen) atoms. The van der Waals surface area contributed by atoms with Gasteiger partial charge in [-0.2, -0.15) is 5.10 Å². The Labute approximate surface area is 167 Å². The molecule has 4 rings (SSSR count). The second-order valence-corrected chi connectivity index (χ2v) is 8.57. The normalized spacial score (nSPS) is 21.7. The van der Waals surface area contributed by atoms with Crippen molar-refractivity contribution in [2.45, 2.75) is 83.5 Å². The number of hydrogen-bond donors (Lipinski definition) is 1. The summed E-state index contributed by atoms with van der Waals surface area (Å²) < 4.78 is 2.05. The number of amides is 2. The third-order valence-corrected chi connectivity index (χ3v) is 6.56. The van der Waals surface area contributed by atoms with Gasteiger partial charge < -0.3 is 10.2 Å². The van der Waals surface area contributed by atoms with Crippen LogP contribution in [0.1, 0.15) is 63.3 Å². The maximum atomic E-state index is 12.6. The Morgan fingerprint density at radius 1 is 1.14 bits per heavy atom. The Hall–Kier alpha value is -1.89. The molecule has 0 aromatic carbocycles. The number of carbonyl (C=O) groups excluding carboxylic acids is 2. The number of fused-ring (bicyclic) bond motifs is 1. The van der Waals surface area contributed by atoms with E-state index in [4.69, 9.17) is 0 Å². The summed E-state index contributed by atoms with van der Waals surface area (Å²) in [4.78, 5) is 29.1. The molecule has 1 saturated carbocycles. The van der Waals surface area contributed by atoms with E-state index in [1.54, 1.807) is 0 Å². The zero-order valence-electron chi connectivity index (χ0n) is 17.0. The van der Waals surface area contributed by atoms with Gasteiger partial charge in [-0.3, -0.25) is 19.2 Å². The van der Waals surface area contributed by atoms with Crippen LogP contribution in [0.4, 0.5) is 0 Å². The van der Waals surface area contributed by atoms with Gasteiger partial charge in [0.15, 0.2) is 0 Å². The third kappa shape index (κ3) is 4.40. The SMILES string of the molecule is C[C@H](C(=O)NC1CCCC1)N1CCn2nc(CCC(=O)N3CCCC3)cc2C1. The fraction of sp³-hybridized carbons (Fsp3) is 0.762. The van der Waals surface area contributed by atoms with Gasteiger partial charge in [-0.05, 0) is 38.7 Å². The van der Waals surface area contributed by atoms with Crippen LogP contribution in [0.25, 0.3) is 0 Å². The summed E-state index contributed by atoms with van der Waals surface area (Å²) >= 11 is 0. The van der Waals surface area contributed by atoms with Crippen LogP contribution < -0.4 is 5.32 Å². The number of carbonyl (C=O) groups is 2. The van der Waals surface area contributed by atoms with Crippen LogP contribution in [0.3, 0.4) is 0 Å². The fourth-order valence-corrected chi connectivity index (χ4v) is 4.72. The first-order valence-electron chi connectivity index (χ1n) is 11.0. The second-order valence-electron chi connectivity index (χ2n) is 8.57. The molecule has 1 saturated heterocycles. The maximum Gasteiger partial charge on any atom is 0.237 e. The first-order valence-corrected chi connectivity index (χ1v) is 11.0. The summed E-state index contributed by atoms with van der Waals surface area (Å²) in [6.45, 7) is 6.21. The predicted molar refractivity (Wildman–Crippen MR) is 107 cm³/mol. The van der Waals surface area contributed by atoms with Crippen LogP contribution in [0.2, 0.25) is 0 Å². The zero-order chi connectivity index (χ0) is 19.5. The fourth-order valence-electron chi connectivity index (χ4n) is 4.72. The molecule has 154 valence electrons. The van der Waals surface area contributed by atoms with Gasteiger partial charge in [-0.1, -0.05) is 12.8 Å². The zero-order valence-corrected chi connectivity index (χ0v) is 17.0. The van der Waals surface area contributed by atoms with Gasteiger partial charge >= 0.3 is 0 Å². The molecule has 2 aliphatic heterocycles. The van der Waals surface area contributed by atoms with Crippen molar-refractivity contribution in [2.24, 2.45) is 0 Å². The van der Waals surface area contributed by atoms with Crippen molar-refractivity contribution in [2.75, 3.05) is 19.6 Å². The lowest BCUT2D eigenvalue weighted by molar-refractivity contribution is -0.130. The van der Waals surface area contributed by atoms with Crippen LogP contribution in [-0.2, 0) is 29.1 Å². The summed E-state index contributed by atoms with van der Waals surface area (Å²) in [5, 5.41) is 7.91. The minimum Gasteiger partial charge on any atom is -0.352 e. The Kier molecular flexibility index (Phi) is 5.99. The van der Waals surface area contributed by atoms with Gasteiger partial charge in [0, 0.05) is 45.1 Å². The number of nitrogens with one attached hydrogen (secondary N) is 1. The molecule has 3 aliphatic rings. The minimum absolute atomic E-state index is 0.121. The van der Waals surface area contributed by atoms with Gasteiger partial charge in [0.25, 0.3) is 0 Å². The highest BCUT2D eigenvalue weighted by molar-refractivity contribution is 5.81. The molecular weight excluding hydrogens is 354 g/mol. The quantitative estimate of drug-likeness (QED) is 0.807. The van der Waals surface area contributed by atoms with Gasteiger partial charge in [-0.25, -0.2) is 0 Å². The van der Waals surface area contributed by atoms with Crippen molar-refractivity contribution < 1.29 is 9.59 Å². The largest absolute Gasteiger partial charge is 0.352 e. The first kappa shape index (κ1) is 19.4. The van der Waals surface area contributed by atoms with Crippen LogP contribution >= 0.6 is 0 Å². The molecule has 0 radical (unpaired) electrons. The minimum atomic E-state index is -0.121. The van der Waals surface area contributed by atoms with E-state index in [0.29, 0.717) is 18.9 Å². The lowest BCUT2D eigenvalue weighted by atomic mass is 10.1. The molecule has 7 heteroatoms. The van der Waals surface area contributed by atoms with E-state index >= 15 is 0 Å². The maximum absolute atomic E-state index is 12.6. The van der Waals surface area contributed by atoms with Crippen LogP contribution in [0.5, 0.6) is 0 Å². The lowest BCUT2D eigenvalue weighted by Gasteiger charge is -2.32. The molecule has 0 bridgehead atoms. The van der Waals surface area contributed by atoms with Crippen LogP contribution in [-0.4, -0.2) is 63.1 Å². The summed E-state index contributed by atoms with van der Waals surface area (Å²) in [6.07, 6.45) is 8.19. The van der Waals surface area contributed by atoms with Gasteiger partial charge in [-0.15, -0.1) is 0 Å². The number of nitrogens with zero attached hydrogens (tertiary/aromatic N) is 4. The average molecular weight is 388 g/mol. The van der Waals surface area contributed by atoms with Gasteiger partial charge in [0.05, 0.1) is 24.0 Å². The molecule has 1 aromatic rings. The van der Waals surface area contributed by atoms with E-state index in [2.05, 4.69) is 21.4 Å². The average Bonchev–Trinajstić information content (AvgIpc) is 3.46. The molecule has 1 atom stereocenters. The van der Waals surface area contributed by atoms with Gasteiger partial charge in [0.2, 0.25) is 11.8 Å². The van der Waals surface area contributed by atoms with Crippen molar-refractivity contribution in [3.05, 3.63) is 17.5 Å². The van der Waals surface area contributed by atoms with Gasteiger partial charge in [0.1, 0.15) is 0 Å². The molecule has 0 unspecified atom stereocenters. The van der Waals surface area contributed by atoms with Crippen molar-refractivity contribution in [1.82, 2.24) is 24.9 Å². The second kappa shape index (κ2) is 8.64. The van der Waals surface area contributed by atoms with E-state index in [-0.39, 0.29) is 17.9 Å². The number of hydrogen-bond acceptors (Lipinski definition) is 4. The monoisotopic (exact) mass is 387 g/mol. The third-order valence-electron chi connectivity index (χ3n) is 6.56. The predicted octanol–water partition coefficient (Wildman–Crippen LogP) is 1.70. The number of aromatic nitrogens is 2. The topological polar surface area (TPSA) is 70.5 Å². The summed E-state index contributed by atoms with van der Waals surface area (Å²) in [5.41, 5.74) is 2.14. The van der Waals surface area contributed by atoms with E-state index < -0.39 is 0 Å². The summed E-state index contributed by atoms with van der Waals surface area (Å²) in [5.74, 6) is 0.401. The molecule has 1 aromatic heterocycles. The Bertz CT molecular complexity index is 704. The lowest BCUT2D eigenvalue weighted by Crippen LogP contribution is -2.49. The Morgan fingerprint density at radius 2 is 1.89 bits per heavy atom. The molecule has 1 aliphatic carbocycles. The summed E-state index contributed by atoms with van der Waals surface area (Å²) in [7, 11) is 0. The Balaban J connectivity index is 1.29. The number of aryl methyl sites for hydroxylation is 1. The molecule has 3 heterocycles. The van der Waals surface area contributed by atoms with E-state index in [1.165, 1.54) is 12.8 Å². The molecule has 2 fully saturated rings. The molecule has 7 nitrogen and oxygen atoms in total. The summed E-state index contributed by atoms with van der Waals surface area (Å²) in [6, 6.07) is 2.36. The standard InChI is InChI=1S/C21H33N5O2/c1-16(21(28)22-17-6-2-3-7-17)25-12-13-26-19(15-25)14-18(23-26)8-9-20(27)24-10-4-5-11-24/h14,16-17H,2-13,15H2,1H3,(H,22,28)/t16-/m1/s1. The molecule has 1 N–H and O–H groups in total. The molecular formula is C21H33N5O2. The number of rotatable bonds is 6. The highest BCUT2D eigenvalue weighted by Gasteiger charge is 2.28. The highest BCUT2D eigenvalue weighted by atomic mass is 16.2. The smallest absolute Gasteiger partial charge is 0.237 e. The first-order chi connectivity index (χ1) is 13.6. The highest BCUT2D eigenvalue weighted by Crippen LogP contribution is 2.20. The van der Waals surface area contributed by atoms with E-state index in [0.717, 1.165) is 69.8 Å². The van der Waals surface area contributed by atoms with Crippen molar-refractivity contribution in [3.8, 4) is 0 Å². The molecule has 0 spiro atoms. The van der Waals surface area contributed by atoms with Crippen molar-refractivity contribution in [3.63, 3.8) is 0 Å². The Morgan fingerprint density at radius 3 is 2.64 bits per heavy atom. The van der Waals surface area contributed by atoms with E-state index in [9.17, 15) is 9.59 Å².